The van der Waals surface area contributed by atoms with E-state index in [1.807, 2.05) is 17.2 Å². The number of hydrogen-bond donors (Lipinski definition) is 0. The van der Waals surface area contributed by atoms with Gasteiger partial charge >= 0.3 is 0 Å². The summed E-state index contributed by atoms with van der Waals surface area (Å²) in [6.45, 7) is 8.45. The molecular weight excluding hydrogens is 314 g/mol. The molecule has 1 aliphatic heterocycles. The molecule has 1 atom stereocenters. The monoisotopic (exact) mass is 341 g/mol. The second kappa shape index (κ2) is 6.75. The fraction of sp³-hybridized carbons (Fsp3) is 0.632. The van der Waals surface area contributed by atoms with Crippen molar-refractivity contribution in [1.82, 2.24) is 24.4 Å². The Morgan fingerprint density at radius 3 is 2.92 bits per heavy atom. The largest absolute Gasteiger partial charge is 0.337 e. The SMILES string of the molecule is CC(C)[C@H]1CN(C(=O)c2cnn3cccnc23)CCCN1CC1CC1. The summed E-state index contributed by atoms with van der Waals surface area (Å²) in [4.78, 5) is 22.1. The minimum absolute atomic E-state index is 0.0626. The summed E-state index contributed by atoms with van der Waals surface area (Å²) >= 11 is 0. The standard InChI is InChI=1S/C19H27N5O/c1-14(2)17-13-23(9-4-8-22(17)12-15-5-6-15)19(25)16-11-21-24-10-3-7-20-18(16)24/h3,7,10-11,14-15,17H,4-6,8-9,12-13H2,1-2H3/t17-/m1/s1. The number of hydrogen-bond acceptors (Lipinski definition) is 4. The molecule has 2 aromatic heterocycles. The fourth-order valence-corrected chi connectivity index (χ4v) is 3.89. The Bertz CT molecular complexity index is 751. The van der Waals surface area contributed by atoms with Crippen molar-refractivity contribution in [3.63, 3.8) is 0 Å². The Morgan fingerprint density at radius 2 is 2.16 bits per heavy atom. The topological polar surface area (TPSA) is 53.7 Å². The number of aromatic nitrogens is 3. The van der Waals surface area contributed by atoms with Crippen LogP contribution in [0.2, 0.25) is 0 Å². The second-order valence-electron chi connectivity index (χ2n) is 7.80. The van der Waals surface area contributed by atoms with Crippen molar-refractivity contribution in [1.29, 1.82) is 0 Å². The first kappa shape index (κ1) is 16.5. The zero-order valence-corrected chi connectivity index (χ0v) is 15.1. The molecule has 1 saturated carbocycles. The van der Waals surface area contributed by atoms with E-state index in [4.69, 9.17) is 0 Å². The van der Waals surface area contributed by atoms with Gasteiger partial charge in [0.05, 0.1) is 6.20 Å². The average Bonchev–Trinajstić information content (AvgIpc) is 3.36. The van der Waals surface area contributed by atoms with Crippen LogP contribution in [-0.2, 0) is 0 Å². The number of amides is 1. The van der Waals surface area contributed by atoms with Crippen LogP contribution in [0.1, 0.15) is 43.5 Å². The van der Waals surface area contributed by atoms with Gasteiger partial charge in [0.15, 0.2) is 5.65 Å². The van der Waals surface area contributed by atoms with Crippen LogP contribution in [0.15, 0.2) is 24.7 Å². The molecule has 2 aromatic rings. The zero-order valence-electron chi connectivity index (χ0n) is 15.1. The lowest BCUT2D eigenvalue weighted by molar-refractivity contribution is 0.0706. The molecule has 134 valence electrons. The van der Waals surface area contributed by atoms with Gasteiger partial charge in [0.1, 0.15) is 5.56 Å². The van der Waals surface area contributed by atoms with Crippen molar-refractivity contribution in [2.24, 2.45) is 11.8 Å². The van der Waals surface area contributed by atoms with Gasteiger partial charge in [-0.1, -0.05) is 13.8 Å². The van der Waals surface area contributed by atoms with Crippen molar-refractivity contribution >= 4 is 11.6 Å². The lowest BCUT2D eigenvalue weighted by atomic mass is 10.0. The van der Waals surface area contributed by atoms with Crippen LogP contribution in [-0.4, -0.2) is 62.5 Å². The first-order valence-corrected chi connectivity index (χ1v) is 9.45. The Balaban J connectivity index is 1.55. The summed E-state index contributed by atoms with van der Waals surface area (Å²) < 4.78 is 1.67. The third-order valence-corrected chi connectivity index (χ3v) is 5.51. The van der Waals surface area contributed by atoms with Gasteiger partial charge in [-0.15, -0.1) is 0 Å². The molecule has 0 spiro atoms. The second-order valence-corrected chi connectivity index (χ2v) is 7.80. The lowest BCUT2D eigenvalue weighted by Gasteiger charge is -2.34. The van der Waals surface area contributed by atoms with Gasteiger partial charge in [-0.3, -0.25) is 9.69 Å². The highest BCUT2D eigenvalue weighted by Gasteiger charge is 2.34. The van der Waals surface area contributed by atoms with Gasteiger partial charge in [-0.05, 0) is 37.2 Å². The number of rotatable bonds is 4. The molecule has 0 radical (unpaired) electrons. The molecule has 1 amide bonds. The molecule has 1 saturated heterocycles. The van der Waals surface area contributed by atoms with E-state index in [1.165, 1.54) is 19.4 Å². The highest BCUT2D eigenvalue weighted by atomic mass is 16.2. The van der Waals surface area contributed by atoms with E-state index in [0.29, 0.717) is 23.2 Å². The van der Waals surface area contributed by atoms with Crippen molar-refractivity contribution in [2.75, 3.05) is 26.2 Å². The summed E-state index contributed by atoms with van der Waals surface area (Å²) in [7, 11) is 0. The predicted molar refractivity (Wildman–Crippen MR) is 96.4 cm³/mol. The molecule has 2 fully saturated rings. The average molecular weight is 341 g/mol. The Morgan fingerprint density at radius 1 is 1.32 bits per heavy atom. The Hall–Kier alpha value is -1.95. The molecule has 3 heterocycles. The minimum Gasteiger partial charge on any atom is -0.337 e. The lowest BCUT2D eigenvalue weighted by Crippen LogP contribution is -2.46. The molecule has 25 heavy (non-hydrogen) atoms. The third kappa shape index (κ3) is 3.40. The van der Waals surface area contributed by atoms with Crippen molar-refractivity contribution in [3.8, 4) is 0 Å². The van der Waals surface area contributed by atoms with Crippen LogP contribution in [0.25, 0.3) is 5.65 Å². The highest BCUT2D eigenvalue weighted by Crippen LogP contribution is 2.32. The molecule has 1 aliphatic carbocycles. The van der Waals surface area contributed by atoms with E-state index in [9.17, 15) is 4.79 Å². The van der Waals surface area contributed by atoms with E-state index in [1.54, 1.807) is 16.9 Å². The van der Waals surface area contributed by atoms with Gasteiger partial charge in [0, 0.05) is 44.6 Å². The van der Waals surface area contributed by atoms with Gasteiger partial charge in [0.2, 0.25) is 0 Å². The maximum atomic E-state index is 13.2. The summed E-state index contributed by atoms with van der Waals surface area (Å²) in [5.41, 5.74) is 1.26. The van der Waals surface area contributed by atoms with Crippen LogP contribution in [0.5, 0.6) is 0 Å². The first-order valence-electron chi connectivity index (χ1n) is 9.45. The Kier molecular flexibility index (Phi) is 4.46. The van der Waals surface area contributed by atoms with Crippen molar-refractivity contribution < 1.29 is 4.79 Å². The molecule has 6 heteroatoms. The van der Waals surface area contributed by atoms with E-state index in [0.717, 1.165) is 32.0 Å². The van der Waals surface area contributed by atoms with Crippen LogP contribution in [0.3, 0.4) is 0 Å². The number of nitrogens with zero attached hydrogens (tertiary/aromatic N) is 5. The fourth-order valence-electron chi connectivity index (χ4n) is 3.89. The normalized spacial score (nSPS) is 22.5. The number of fused-ring (bicyclic) bond motifs is 1. The molecule has 0 unspecified atom stereocenters. The van der Waals surface area contributed by atoms with Gasteiger partial charge in [0.25, 0.3) is 5.91 Å². The van der Waals surface area contributed by atoms with Crippen LogP contribution in [0.4, 0.5) is 0 Å². The number of carbonyl (C=O) groups excluding carboxylic acids is 1. The summed E-state index contributed by atoms with van der Waals surface area (Å²) in [6.07, 6.45) is 8.98. The van der Waals surface area contributed by atoms with Crippen LogP contribution < -0.4 is 0 Å². The van der Waals surface area contributed by atoms with E-state index < -0.39 is 0 Å². The molecular formula is C19H27N5O. The third-order valence-electron chi connectivity index (χ3n) is 5.51. The Labute approximate surface area is 148 Å². The van der Waals surface area contributed by atoms with Crippen LogP contribution in [0, 0.1) is 11.8 Å². The molecule has 6 nitrogen and oxygen atoms in total. The smallest absolute Gasteiger partial charge is 0.259 e. The molecule has 0 N–H and O–H groups in total. The van der Waals surface area contributed by atoms with E-state index in [-0.39, 0.29) is 5.91 Å². The summed E-state index contributed by atoms with van der Waals surface area (Å²) in [6, 6.07) is 2.26. The van der Waals surface area contributed by atoms with E-state index >= 15 is 0 Å². The summed E-state index contributed by atoms with van der Waals surface area (Å²) in [5.74, 6) is 1.48. The van der Waals surface area contributed by atoms with Crippen molar-refractivity contribution in [3.05, 3.63) is 30.2 Å². The molecule has 0 bridgehead atoms. The first-order chi connectivity index (χ1) is 12.1. The van der Waals surface area contributed by atoms with Crippen LogP contribution >= 0.6 is 0 Å². The minimum atomic E-state index is 0.0626. The quantitative estimate of drug-likeness (QED) is 0.856. The highest BCUT2D eigenvalue weighted by molar-refractivity contribution is 5.99. The maximum Gasteiger partial charge on any atom is 0.259 e. The molecule has 0 aromatic carbocycles. The molecule has 4 rings (SSSR count). The van der Waals surface area contributed by atoms with Gasteiger partial charge in [-0.2, -0.15) is 5.10 Å². The van der Waals surface area contributed by atoms with Gasteiger partial charge in [-0.25, -0.2) is 9.50 Å². The summed E-state index contributed by atoms with van der Waals surface area (Å²) in [5, 5.41) is 4.27. The maximum absolute atomic E-state index is 13.2. The van der Waals surface area contributed by atoms with Crippen molar-refractivity contribution in [2.45, 2.75) is 39.2 Å². The number of carbonyl (C=O) groups is 1. The zero-order chi connectivity index (χ0) is 17.4. The predicted octanol–water partition coefficient (Wildman–Crippen LogP) is 2.31. The molecule has 2 aliphatic rings. The van der Waals surface area contributed by atoms with Gasteiger partial charge < -0.3 is 4.90 Å². The van der Waals surface area contributed by atoms with E-state index in [2.05, 4.69) is 28.8 Å².